The molecule has 1 aliphatic rings. The second kappa shape index (κ2) is 9.48. The van der Waals surface area contributed by atoms with Crippen LogP contribution in [0.5, 0.6) is 5.75 Å². The van der Waals surface area contributed by atoms with Gasteiger partial charge in [-0.15, -0.1) is 0 Å². The quantitative estimate of drug-likeness (QED) is 0.809. The Hall–Kier alpha value is -2.44. The predicted octanol–water partition coefficient (Wildman–Crippen LogP) is 1.93. The van der Waals surface area contributed by atoms with Crippen molar-refractivity contribution < 1.29 is 9.53 Å². The summed E-state index contributed by atoms with van der Waals surface area (Å²) in [5, 5.41) is 3.20. The Morgan fingerprint density at radius 2 is 1.63 bits per heavy atom. The molecule has 1 saturated heterocycles. The number of carbonyl (C=O) groups excluding carboxylic acids is 1. The van der Waals surface area contributed by atoms with E-state index in [0.717, 1.165) is 49.6 Å². The Bertz CT molecular complexity index is 713. The van der Waals surface area contributed by atoms with Crippen LogP contribution in [0.4, 0.5) is 0 Å². The van der Waals surface area contributed by atoms with E-state index in [1.165, 1.54) is 0 Å². The molecule has 0 spiro atoms. The Morgan fingerprint density at radius 1 is 1.04 bits per heavy atom. The lowest BCUT2D eigenvalue weighted by molar-refractivity contribution is -0.123. The predicted molar refractivity (Wildman–Crippen MR) is 106 cm³/mol. The molecule has 1 amide bonds. The Labute approximate surface area is 161 Å². The highest BCUT2D eigenvalue weighted by Gasteiger charge is 2.21. The van der Waals surface area contributed by atoms with Crippen LogP contribution in [0.3, 0.4) is 0 Å². The van der Waals surface area contributed by atoms with Crippen molar-refractivity contribution in [1.29, 1.82) is 0 Å². The minimum absolute atomic E-state index is 0.0394. The van der Waals surface area contributed by atoms with Crippen LogP contribution in [0.2, 0.25) is 0 Å². The van der Waals surface area contributed by atoms with Gasteiger partial charge in [0.25, 0.3) is 0 Å². The van der Waals surface area contributed by atoms with E-state index < -0.39 is 0 Å². The zero-order valence-electron chi connectivity index (χ0n) is 16.1. The molecule has 1 N–H and O–H groups in total. The van der Waals surface area contributed by atoms with Gasteiger partial charge in [0.15, 0.2) is 0 Å². The summed E-state index contributed by atoms with van der Waals surface area (Å²) in [6.45, 7) is 7.59. The van der Waals surface area contributed by atoms with Gasteiger partial charge in [-0.05, 0) is 41.9 Å². The summed E-state index contributed by atoms with van der Waals surface area (Å²) < 4.78 is 5.25. The topological polar surface area (TPSA) is 57.7 Å². The summed E-state index contributed by atoms with van der Waals surface area (Å²) in [6.07, 6.45) is 3.50. The molecule has 0 unspecified atom stereocenters. The summed E-state index contributed by atoms with van der Waals surface area (Å²) in [6, 6.07) is 11.5. The number of nitrogens with one attached hydrogen (secondary N) is 1. The number of amides is 1. The number of likely N-dealkylation sites (N-methyl/N-ethyl adjacent to an activating group) is 1. The Balaban J connectivity index is 1.68. The number of carbonyl (C=O) groups is 1. The van der Waals surface area contributed by atoms with Crippen molar-refractivity contribution in [2.75, 3.05) is 46.4 Å². The van der Waals surface area contributed by atoms with E-state index >= 15 is 0 Å². The van der Waals surface area contributed by atoms with E-state index in [1.54, 1.807) is 19.5 Å². The number of hydrogen-bond acceptors (Lipinski definition) is 5. The van der Waals surface area contributed by atoms with Gasteiger partial charge in [-0.25, -0.2) is 0 Å². The standard InChI is InChI=1S/C21H28N4O2/c1-3-24-12-14-25(15-13-24)16-20(26)23-21(18-8-10-22-11-9-18)17-4-6-19(27-2)7-5-17/h4-11,21H,3,12-16H2,1-2H3,(H,23,26)/t21-/m1/s1. The van der Waals surface area contributed by atoms with Crippen LogP contribution in [0.25, 0.3) is 0 Å². The molecule has 27 heavy (non-hydrogen) atoms. The second-order valence-corrected chi connectivity index (χ2v) is 6.76. The first kappa shape index (κ1) is 19.3. The van der Waals surface area contributed by atoms with Gasteiger partial charge in [-0.1, -0.05) is 19.1 Å². The average molecular weight is 368 g/mol. The summed E-state index contributed by atoms with van der Waals surface area (Å²) in [4.78, 5) is 21.5. The lowest BCUT2D eigenvalue weighted by atomic mass is 9.99. The summed E-state index contributed by atoms with van der Waals surface area (Å²) >= 11 is 0. The number of nitrogens with zero attached hydrogens (tertiary/aromatic N) is 3. The van der Waals surface area contributed by atoms with Gasteiger partial charge in [-0.3, -0.25) is 14.7 Å². The largest absolute Gasteiger partial charge is 0.497 e. The molecule has 0 aliphatic carbocycles. The number of benzene rings is 1. The first-order valence-corrected chi connectivity index (χ1v) is 9.47. The molecule has 1 fully saturated rings. The monoisotopic (exact) mass is 368 g/mol. The molecule has 0 bridgehead atoms. The molecule has 3 rings (SSSR count). The number of aromatic nitrogens is 1. The van der Waals surface area contributed by atoms with Crippen LogP contribution in [-0.2, 0) is 4.79 Å². The van der Waals surface area contributed by atoms with Crippen LogP contribution >= 0.6 is 0 Å². The fourth-order valence-electron chi connectivity index (χ4n) is 3.38. The number of piperazine rings is 1. The number of hydrogen-bond donors (Lipinski definition) is 1. The molecule has 2 heterocycles. The van der Waals surface area contributed by atoms with E-state index in [1.807, 2.05) is 36.4 Å². The highest BCUT2D eigenvalue weighted by molar-refractivity contribution is 5.79. The molecule has 1 atom stereocenters. The van der Waals surface area contributed by atoms with Gasteiger partial charge >= 0.3 is 0 Å². The highest BCUT2D eigenvalue weighted by atomic mass is 16.5. The first-order valence-electron chi connectivity index (χ1n) is 9.47. The molecule has 6 nitrogen and oxygen atoms in total. The van der Waals surface area contributed by atoms with Gasteiger partial charge in [-0.2, -0.15) is 0 Å². The molecule has 1 aromatic heterocycles. The molecule has 1 aromatic carbocycles. The van der Waals surface area contributed by atoms with E-state index in [-0.39, 0.29) is 11.9 Å². The highest BCUT2D eigenvalue weighted by Crippen LogP contribution is 2.23. The lowest BCUT2D eigenvalue weighted by Crippen LogP contribution is -2.49. The molecule has 144 valence electrons. The molecule has 0 saturated carbocycles. The minimum Gasteiger partial charge on any atom is -0.497 e. The van der Waals surface area contributed by atoms with Crippen molar-refractivity contribution in [2.24, 2.45) is 0 Å². The van der Waals surface area contributed by atoms with Crippen molar-refractivity contribution in [3.63, 3.8) is 0 Å². The van der Waals surface area contributed by atoms with Crippen LogP contribution in [0.1, 0.15) is 24.1 Å². The maximum absolute atomic E-state index is 12.7. The van der Waals surface area contributed by atoms with Crippen molar-refractivity contribution >= 4 is 5.91 Å². The summed E-state index contributed by atoms with van der Waals surface area (Å²) in [5.41, 5.74) is 2.03. The number of rotatable bonds is 7. The van der Waals surface area contributed by atoms with Gasteiger partial charge in [0.05, 0.1) is 19.7 Å². The molecular formula is C21H28N4O2. The first-order chi connectivity index (χ1) is 13.2. The number of pyridine rings is 1. The van der Waals surface area contributed by atoms with E-state index in [2.05, 4.69) is 27.0 Å². The fraction of sp³-hybridized carbons (Fsp3) is 0.429. The minimum atomic E-state index is -0.205. The second-order valence-electron chi connectivity index (χ2n) is 6.76. The third-order valence-electron chi connectivity index (χ3n) is 5.07. The van der Waals surface area contributed by atoms with Gasteiger partial charge in [0, 0.05) is 38.6 Å². The number of methoxy groups -OCH3 is 1. The van der Waals surface area contributed by atoms with Crippen molar-refractivity contribution in [1.82, 2.24) is 20.1 Å². The summed E-state index contributed by atoms with van der Waals surface area (Å²) in [5.74, 6) is 0.838. The molecule has 6 heteroatoms. The van der Waals surface area contributed by atoms with Crippen LogP contribution in [0.15, 0.2) is 48.8 Å². The SMILES string of the molecule is CCN1CCN(CC(=O)N[C@@H](c2ccncc2)c2ccc(OC)cc2)CC1. The zero-order valence-corrected chi connectivity index (χ0v) is 16.1. The normalized spacial score (nSPS) is 16.7. The fourth-order valence-corrected chi connectivity index (χ4v) is 3.38. The van der Waals surface area contributed by atoms with Gasteiger partial charge in [0.2, 0.25) is 5.91 Å². The molecule has 0 radical (unpaired) electrons. The van der Waals surface area contributed by atoms with Gasteiger partial charge in [0.1, 0.15) is 5.75 Å². The smallest absolute Gasteiger partial charge is 0.234 e. The zero-order chi connectivity index (χ0) is 19.1. The third-order valence-corrected chi connectivity index (χ3v) is 5.07. The summed E-state index contributed by atoms with van der Waals surface area (Å²) in [7, 11) is 1.65. The van der Waals surface area contributed by atoms with E-state index in [9.17, 15) is 4.79 Å². The maximum Gasteiger partial charge on any atom is 0.234 e. The number of ether oxygens (including phenoxy) is 1. The van der Waals surface area contributed by atoms with Crippen molar-refractivity contribution in [3.8, 4) is 5.75 Å². The Kier molecular flexibility index (Phi) is 6.79. The van der Waals surface area contributed by atoms with E-state index in [0.29, 0.717) is 6.54 Å². The molecule has 1 aliphatic heterocycles. The maximum atomic E-state index is 12.7. The van der Waals surface area contributed by atoms with Crippen LogP contribution in [-0.4, -0.2) is 67.1 Å². The van der Waals surface area contributed by atoms with Crippen molar-refractivity contribution in [3.05, 3.63) is 59.9 Å². The van der Waals surface area contributed by atoms with Crippen molar-refractivity contribution in [2.45, 2.75) is 13.0 Å². The molecule has 2 aromatic rings. The third kappa shape index (κ3) is 5.28. The van der Waals surface area contributed by atoms with E-state index in [4.69, 9.17) is 4.74 Å². The lowest BCUT2D eigenvalue weighted by Gasteiger charge is -2.33. The average Bonchev–Trinajstić information content (AvgIpc) is 2.73. The van der Waals surface area contributed by atoms with Crippen LogP contribution < -0.4 is 10.1 Å². The van der Waals surface area contributed by atoms with Crippen LogP contribution in [0, 0.1) is 0 Å². The van der Waals surface area contributed by atoms with Gasteiger partial charge < -0.3 is 15.0 Å². The molecular weight excluding hydrogens is 340 g/mol. The Morgan fingerprint density at radius 3 is 2.22 bits per heavy atom.